The molecule has 1 fully saturated rings. The maximum absolute atomic E-state index is 12.3. The summed E-state index contributed by atoms with van der Waals surface area (Å²) in [4.78, 5) is 9.84. The number of nitrogens with zero attached hydrogens (tertiary/aromatic N) is 1. The Morgan fingerprint density at radius 2 is 2.24 bits per heavy atom. The summed E-state index contributed by atoms with van der Waals surface area (Å²) in [6.45, 7) is 2.34. The van der Waals surface area contributed by atoms with Crippen LogP contribution in [0.3, 0.4) is 0 Å². The summed E-state index contributed by atoms with van der Waals surface area (Å²) < 4.78 is 32.5. The topological polar surface area (TPSA) is 125 Å². The number of ether oxygens (including phenoxy) is 1. The van der Waals surface area contributed by atoms with Crippen LogP contribution in [0.15, 0.2) is 23.1 Å². The number of non-ortho nitro benzene ring substituents is 1. The SMILES string of the molecule is CC(NS(=O)(=O)c1ccc([N+](=O)[O-])cc1N)C1CCCO1. The Bertz CT molecular complexity index is 640. The van der Waals surface area contributed by atoms with E-state index < -0.39 is 21.0 Å². The fraction of sp³-hybridized carbons (Fsp3) is 0.500. The van der Waals surface area contributed by atoms with E-state index in [9.17, 15) is 18.5 Å². The molecule has 8 nitrogen and oxygen atoms in total. The van der Waals surface area contributed by atoms with E-state index in [4.69, 9.17) is 10.5 Å². The molecular weight excluding hydrogens is 298 g/mol. The minimum absolute atomic E-state index is 0.156. The molecule has 9 heteroatoms. The lowest BCUT2D eigenvalue weighted by Gasteiger charge is -2.20. The van der Waals surface area contributed by atoms with Crippen LogP contribution < -0.4 is 10.5 Å². The van der Waals surface area contributed by atoms with Crippen molar-refractivity contribution in [3.63, 3.8) is 0 Å². The summed E-state index contributed by atoms with van der Waals surface area (Å²) in [5.74, 6) is 0. The number of nitrogen functional groups attached to an aromatic ring is 1. The van der Waals surface area contributed by atoms with Crippen LogP contribution in [0.25, 0.3) is 0 Å². The molecule has 0 saturated carbocycles. The molecule has 1 saturated heterocycles. The number of anilines is 1. The number of nitrogens with one attached hydrogen (secondary N) is 1. The van der Waals surface area contributed by atoms with Crippen LogP contribution in [-0.4, -0.2) is 32.1 Å². The largest absolute Gasteiger partial charge is 0.397 e. The van der Waals surface area contributed by atoms with Gasteiger partial charge in [0.05, 0.1) is 16.7 Å². The van der Waals surface area contributed by atoms with E-state index in [2.05, 4.69) is 4.72 Å². The fourth-order valence-corrected chi connectivity index (χ4v) is 3.66. The summed E-state index contributed by atoms with van der Waals surface area (Å²) >= 11 is 0. The minimum atomic E-state index is -3.85. The van der Waals surface area contributed by atoms with Gasteiger partial charge in [-0.25, -0.2) is 13.1 Å². The van der Waals surface area contributed by atoms with E-state index in [0.717, 1.165) is 31.0 Å². The average Bonchev–Trinajstić information content (AvgIpc) is 2.91. The number of benzene rings is 1. The van der Waals surface area contributed by atoms with Crippen molar-refractivity contribution < 1.29 is 18.1 Å². The molecule has 3 N–H and O–H groups in total. The van der Waals surface area contributed by atoms with Crippen molar-refractivity contribution in [2.75, 3.05) is 12.3 Å². The molecule has 0 bridgehead atoms. The molecule has 0 spiro atoms. The second-order valence-electron chi connectivity index (χ2n) is 4.94. The Hall–Kier alpha value is -1.71. The van der Waals surface area contributed by atoms with Crippen LogP contribution in [0.2, 0.25) is 0 Å². The predicted octanol–water partition coefficient (Wildman–Crippen LogP) is 1.02. The van der Waals surface area contributed by atoms with Crippen molar-refractivity contribution >= 4 is 21.4 Å². The highest BCUT2D eigenvalue weighted by atomic mass is 32.2. The highest BCUT2D eigenvalue weighted by Gasteiger charge is 2.28. The summed E-state index contributed by atoms with van der Waals surface area (Å²) in [5.41, 5.74) is 5.21. The average molecular weight is 315 g/mol. The quantitative estimate of drug-likeness (QED) is 0.475. The third kappa shape index (κ3) is 3.49. The minimum Gasteiger partial charge on any atom is -0.397 e. The highest BCUT2D eigenvalue weighted by molar-refractivity contribution is 7.89. The molecule has 116 valence electrons. The van der Waals surface area contributed by atoms with Crippen LogP contribution in [0, 0.1) is 10.1 Å². The highest BCUT2D eigenvalue weighted by Crippen LogP contribution is 2.25. The molecule has 1 heterocycles. The molecule has 1 aliphatic rings. The number of hydrogen-bond donors (Lipinski definition) is 2. The molecule has 0 radical (unpaired) electrons. The van der Waals surface area contributed by atoms with E-state index in [1.807, 2.05) is 0 Å². The smallest absolute Gasteiger partial charge is 0.271 e. The van der Waals surface area contributed by atoms with Gasteiger partial charge in [-0.3, -0.25) is 10.1 Å². The van der Waals surface area contributed by atoms with E-state index in [-0.39, 0.29) is 22.4 Å². The first-order valence-electron chi connectivity index (χ1n) is 6.49. The van der Waals surface area contributed by atoms with E-state index in [0.29, 0.717) is 6.61 Å². The van der Waals surface area contributed by atoms with Crippen LogP contribution in [0.5, 0.6) is 0 Å². The first kappa shape index (κ1) is 15.7. The lowest BCUT2D eigenvalue weighted by atomic mass is 10.1. The van der Waals surface area contributed by atoms with Gasteiger partial charge in [-0.05, 0) is 25.8 Å². The second kappa shape index (κ2) is 5.96. The van der Waals surface area contributed by atoms with Crippen molar-refractivity contribution in [3.8, 4) is 0 Å². The van der Waals surface area contributed by atoms with Crippen molar-refractivity contribution in [3.05, 3.63) is 28.3 Å². The molecule has 2 rings (SSSR count). The van der Waals surface area contributed by atoms with E-state index in [1.165, 1.54) is 0 Å². The summed E-state index contributed by atoms with van der Waals surface area (Å²) in [6.07, 6.45) is 1.52. The lowest BCUT2D eigenvalue weighted by Crippen LogP contribution is -2.40. The Morgan fingerprint density at radius 1 is 1.52 bits per heavy atom. The monoisotopic (exact) mass is 315 g/mol. The van der Waals surface area contributed by atoms with Crippen molar-refractivity contribution in [1.29, 1.82) is 0 Å². The van der Waals surface area contributed by atoms with Crippen molar-refractivity contribution in [2.45, 2.75) is 36.8 Å². The molecule has 1 aromatic carbocycles. The normalized spacial score (nSPS) is 20.3. The Balaban J connectivity index is 2.21. The zero-order valence-corrected chi connectivity index (χ0v) is 12.3. The van der Waals surface area contributed by atoms with E-state index in [1.54, 1.807) is 6.92 Å². The van der Waals surface area contributed by atoms with Crippen LogP contribution >= 0.6 is 0 Å². The van der Waals surface area contributed by atoms with Gasteiger partial charge in [0.25, 0.3) is 5.69 Å². The standard InChI is InChI=1S/C12H17N3O5S/c1-8(11-3-2-6-20-11)14-21(18,19)12-5-4-9(15(16)17)7-10(12)13/h4-5,7-8,11,14H,2-3,6,13H2,1H3. The molecule has 0 aromatic heterocycles. The lowest BCUT2D eigenvalue weighted by molar-refractivity contribution is -0.384. The maximum atomic E-state index is 12.3. The summed E-state index contributed by atoms with van der Waals surface area (Å²) in [7, 11) is -3.85. The van der Waals surface area contributed by atoms with Crippen molar-refractivity contribution in [1.82, 2.24) is 4.72 Å². The summed E-state index contributed by atoms with van der Waals surface area (Å²) in [5, 5.41) is 10.6. The van der Waals surface area contributed by atoms with Gasteiger partial charge in [0.1, 0.15) is 4.90 Å². The van der Waals surface area contributed by atoms with Crippen LogP contribution in [-0.2, 0) is 14.8 Å². The second-order valence-corrected chi connectivity index (χ2v) is 6.62. The number of nitro benzene ring substituents is 1. The van der Waals surface area contributed by atoms with Gasteiger partial charge in [-0.1, -0.05) is 0 Å². The third-order valence-corrected chi connectivity index (χ3v) is 4.99. The maximum Gasteiger partial charge on any atom is 0.271 e. The van der Waals surface area contributed by atoms with Gasteiger partial charge in [0.15, 0.2) is 0 Å². The van der Waals surface area contributed by atoms with Crippen LogP contribution in [0.1, 0.15) is 19.8 Å². The van der Waals surface area contributed by atoms with Gasteiger partial charge in [-0.2, -0.15) is 0 Å². The van der Waals surface area contributed by atoms with Gasteiger partial charge in [-0.15, -0.1) is 0 Å². The molecule has 0 amide bonds. The zero-order valence-electron chi connectivity index (χ0n) is 11.5. The molecule has 1 aliphatic heterocycles. The van der Waals surface area contributed by atoms with Gasteiger partial charge in [0, 0.05) is 24.8 Å². The van der Waals surface area contributed by atoms with Gasteiger partial charge < -0.3 is 10.5 Å². The number of nitrogens with two attached hydrogens (primary N) is 1. The number of nitro groups is 1. The first-order chi connectivity index (χ1) is 9.81. The number of rotatable bonds is 5. The summed E-state index contributed by atoms with van der Waals surface area (Å²) in [6, 6.07) is 2.89. The Labute approximate surface area is 122 Å². The molecule has 1 aromatic rings. The zero-order chi connectivity index (χ0) is 15.6. The molecule has 2 atom stereocenters. The fourth-order valence-electron chi connectivity index (χ4n) is 2.28. The van der Waals surface area contributed by atoms with E-state index >= 15 is 0 Å². The van der Waals surface area contributed by atoms with Crippen molar-refractivity contribution in [2.24, 2.45) is 0 Å². The first-order valence-corrected chi connectivity index (χ1v) is 7.97. The number of sulfonamides is 1. The third-order valence-electron chi connectivity index (χ3n) is 3.36. The molecule has 21 heavy (non-hydrogen) atoms. The molecule has 0 aliphatic carbocycles. The van der Waals surface area contributed by atoms with Gasteiger partial charge >= 0.3 is 0 Å². The molecular formula is C12H17N3O5S. The number of hydrogen-bond acceptors (Lipinski definition) is 6. The molecule has 2 unspecified atom stereocenters. The predicted molar refractivity (Wildman–Crippen MR) is 76.3 cm³/mol. The Morgan fingerprint density at radius 3 is 2.76 bits per heavy atom. The van der Waals surface area contributed by atoms with Crippen LogP contribution in [0.4, 0.5) is 11.4 Å². The van der Waals surface area contributed by atoms with Gasteiger partial charge in [0.2, 0.25) is 10.0 Å². The Kier molecular flexibility index (Phi) is 4.45.